The number of aromatic nitrogens is 1. The average molecular weight is 286 g/mol. The first-order valence-electron chi connectivity index (χ1n) is 6.66. The Kier molecular flexibility index (Phi) is 4.77. The molecule has 0 fully saturated rings. The van der Waals surface area contributed by atoms with Gasteiger partial charge in [-0.2, -0.15) is 0 Å². The molecule has 0 saturated carbocycles. The summed E-state index contributed by atoms with van der Waals surface area (Å²) in [7, 11) is 3.54. The summed E-state index contributed by atoms with van der Waals surface area (Å²) in [5.41, 5.74) is 1.43. The number of esters is 1. The van der Waals surface area contributed by atoms with E-state index in [0.717, 1.165) is 17.3 Å². The Morgan fingerprint density at radius 1 is 1.19 bits per heavy atom. The van der Waals surface area contributed by atoms with E-state index in [0.29, 0.717) is 12.2 Å². The fraction of sp³-hybridized carbons (Fsp3) is 0.250. The van der Waals surface area contributed by atoms with Crippen molar-refractivity contribution in [2.75, 3.05) is 25.7 Å². The molecule has 5 nitrogen and oxygen atoms in total. The van der Waals surface area contributed by atoms with Crippen LogP contribution in [0.15, 0.2) is 42.6 Å². The van der Waals surface area contributed by atoms with Gasteiger partial charge in [0.1, 0.15) is 11.6 Å². The third-order valence-corrected chi connectivity index (χ3v) is 3.06. The highest BCUT2D eigenvalue weighted by Crippen LogP contribution is 2.24. The van der Waals surface area contributed by atoms with Crippen LogP contribution in [0.4, 0.5) is 11.5 Å². The van der Waals surface area contributed by atoms with Gasteiger partial charge in [0.05, 0.1) is 19.3 Å². The molecule has 0 saturated heterocycles. The number of hydrogen-bond donors (Lipinski definition) is 0. The first-order chi connectivity index (χ1) is 10.2. The maximum atomic E-state index is 11.6. The Bertz CT molecular complexity index is 594. The van der Waals surface area contributed by atoms with Crippen LogP contribution in [0.5, 0.6) is 5.75 Å². The van der Waals surface area contributed by atoms with E-state index < -0.39 is 0 Å². The van der Waals surface area contributed by atoms with E-state index in [1.54, 1.807) is 26.2 Å². The van der Waals surface area contributed by atoms with Crippen molar-refractivity contribution in [3.63, 3.8) is 0 Å². The molecule has 1 aromatic heterocycles. The van der Waals surface area contributed by atoms with Gasteiger partial charge in [0.25, 0.3) is 0 Å². The molecule has 0 aliphatic carbocycles. The topological polar surface area (TPSA) is 51.7 Å². The van der Waals surface area contributed by atoms with E-state index in [1.165, 1.54) is 6.20 Å². The molecule has 2 rings (SSSR count). The minimum atomic E-state index is -0.358. The van der Waals surface area contributed by atoms with Gasteiger partial charge >= 0.3 is 5.97 Å². The number of carbonyl (C=O) groups excluding carboxylic acids is 1. The normalized spacial score (nSPS) is 10.0. The molecule has 21 heavy (non-hydrogen) atoms. The van der Waals surface area contributed by atoms with Crippen molar-refractivity contribution >= 4 is 17.5 Å². The number of anilines is 2. The zero-order chi connectivity index (χ0) is 15.2. The van der Waals surface area contributed by atoms with Crippen molar-refractivity contribution in [1.29, 1.82) is 0 Å². The molecule has 0 N–H and O–H groups in total. The van der Waals surface area contributed by atoms with Gasteiger partial charge in [0.2, 0.25) is 0 Å². The molecule has 0 radical (unpaired) electrons. The number of methoxy groups -OCH3 is 1. The van der Waals surface area contributed by atoms with E-state index in [9.17, 15) is 4.79 Å². The highest BCUT2D eigenvalue weighted by atomic mass is 16.5. The minimum absolute atomic E-state index is 0.354. The molecule has 0 unspecified atom stereocenters. The fourth-order valence-corrected chi connectivity index (χ4v) is 1.86. The smallest absolute Gasteiger partial charge is 0.339 e. The Hall–Kier alpha value is -2.56. The van der Waals surface area contributed by atoms with Crippen LogP contribution in [0.25, 0.3) is 0 Å². The molecule has 0 aliphatic rings. The average Bonchev–Trinajstić information content (AvgIpc) is 2.54. The summed E-state index contributed by atoms with van der Waals surface area (Å²) >= 11 is 0. The predicted molar refractivity (Wildman–Crippen MR) is 81.3 cm³/mol. The first-order valence-corrected chi connectivity index (χ1v) is 6.66. The second-order valence-electron chi connectivity index (χ2n) is 4.38. The van der Waals surface area contributed by atoms with Crippen molar-refractivity contribution in [1.82, 2.24) is 4.98 Å². The summed E-state index contributed by atoms with van der Waals surface area (Å²) in [6, 6.07) is 11.2. The summed E-state index contributed by atoms with van der Waals surface area (Å²) in [6.07, 6.45) is 1.52. The second-order valence-corrected chi connectivity index (χ2v) is 4.38. The van der Waals surface area contributed by atoms with Gasteiger partial charge in [-0.15, -0.1) is 0 Å². The van der Waals surface area contributed by atoms with Gasteiger partial charge in [-0.05, 0) is 43.3 Å². The lowest BCUT2D eigenvalue weighted by Gasteiger charge is -2.18. The van der Waals surface area contributed by atoms with Crippen LogP contribution in [0, 0.1) is 0 Å². The van der Waals surface area contributed by atoms with Gasteiger partial charge in [-0.1, -0.05) is 0 Å². The van der Waals surface area contributed by atoms with Crippen LogP contribution < -0.4 is 9.64 Å². The lowest BCUT2D eigenvalue weighted by Crippen LogP contribution is -2.12. The standard InChI is InChI=1S/C16H18N2O3/c1-4-21-16(19)12-5-10-15(17-11-12)18(2)13-6-8-14(20-3)9-7-13/h5-11H,4H2,1-3H3. The number of pyridine rings is 1. The molecule has 0 amide bonds. The lowest BCUT2D eigenvalue weighted by molar-refractivity contribution is 0.0526. The summed E-state index contributed by atoms with van der Waals surface area (Å²) < 4.78 is 10.1. The van der Waals surface area contributed by atoms with Crippen molar-refractivity contribution in [3.05, 3.63) is 48.2 Å². The summed E-state index contributed by atoms with van der Waals surface area (Å²) in [6.45, 7) is 2.13. The molecular formula is C16H18N2O3. The minimum Gasteiger partial charge on any atom is -0.497 e. The molecule has 5 heteroatoms. The number of nitrogens with zero attached hydrogens (tertiary/aromatic N) is 2. The van der Waals surface area contributed by atoms with E-state index in [2.05, 4.69) is 4.98 Å². The van der Waals surface area contributed by atoms with E-state index >= 15 is 0 Å². The molecule has 2 aromatic rings. The second kappa shape index (κ2) is 6.74. The van der Waals surface area contributed by atoms with Crippen molar-refractivity contribution in [3.8, 4) is 5.75 Å². The van der Waals surface area contributed by atoms with E-state index in [1.807, 2.05) is 36.2 Å². The first kappa shape index (κ1) is 14.8. The molecule has 0 aliphatic heterocycles. The maximum absolute atomic E-state index is 11.6. The third-order valence-electron chi connectivity index (χ3n) is 3.06. The van der Waals surface area contributed by atoms with E-state index in [-0.39, 0.29) is 5.97 Å². The monoisotopic (exact) mass is 286 g/mol. The fourth-order valence-electron chi connectivity index (χ4n) is 1.86. The van der Waals surface area contributed by atoms with Crippen LogP contribution in [0.1, 0.15) is 17.3 Å². The quantitative estimate of drug-likeness (QED) is 0.791. The van der Waals surface area contributed by atoms with Crippen LogP contribution >= 0.6 is 0 Å². The zero-order valence-electron chi connectivity index (χ0n) is 12.4. The summed E-state index contributed by atoms with van der Waals surface area (Å²) in [5.74, 6) is 1.19. The highest BCUT2D eigenvalue weighted by molar-refractivity contribution is 5.89. The van der Waals surface area contributed by atoms with Crippen LogP contribution in [0.3, 0.4) is 0 Å². The van der Waals surface area contributed by atoms with Gasteiger partial charge < -0.3 is 14.4 Å². The molecule has 110 valence electrons. The Labute approximate surface area is 124 Å². The number of ether oxygens (including phenoxy) is 2. The molecule has 1 aromatic carbocycles. The number of rotatable bonds is 5. The van der Waals surface area contributed by atoms with Crippen molar-refractivity contribution in [2.24, 2.45) is 0 Å². The van der Waals surface area contributed by atoms with Crippen LogP contribution in [-0.2, 0) is 4.74 Å². The van der Waals surface area contributed by atoms with Crippen LogP contribution in [-0.4, -0.2) is 31.7 Å². The number of carbonyl (C=O) groups is 1. The molecule has 0 atom stereocenters. The predicted octanol–water partition coefficient (Wildman–Crippen LogP) is 3.03. The molecule has 0 bridgehead atoms. The van der Waals surface area contributed by atoms with Gasteiger partial charge in [0, 0.05) is 18.9 Å². The molecule has 0 spiro atoms. The van der Waals surface area contributed by atoms with Crippen molar-refractivity contribution < 1.29 is 14.3 Å². The van der Waals surface area contributed by atoms with Gasteiger partial charge in [0.15, 0.2) is 0 Å². The van der Waals surface area contributed by atoms with Crippen LogP contribution in [0.2, 0.25) is 0 Å². The van der Waals surface area contributed by atoms with Gasteiger partial charge in [-0.25, -0.2) is 9.78 Å². The Morgan fingerprint density at radius 3 is 2.43 bits per heavy atom. The molecular weight excluding hydrogens is 268 g/mol. The SMILES string of the molecule is CCOC(=O)c1ccc(N(C)c2ccc(OC)cc2)nc1. The summed E-state index contributed by atoms with van der Waals surface area (Å²) in [4.78, 5) is 17.8. The molecule has 1 heterocycles. The summed E-state index contributed by atoms with van der Waals surface area (Å²) in [5, 5.41) is 0. The number of hydrogen-bond acceptors (Lipinski definition) is 5. The lowest BCUT2D eigenvalue weighted by atomic mass is 10.2. The van der Waals surface area contributed by atoms with Crippen molar-refractivity contribution in [2.45, 2.75) is 6.92 Å². The Balaban J connectivity index is 2.15. The van der Waals surface area contributed by atoms with E-state index in [4.69, 9.17) is 9.47 Å². The van der Waals surface area contributed by atoms with Gasteiger partial charge in [-0.3, -0.25) is 0 Å². The maximum Gasteiger partial charge on any atom is 0.339 e. The highest BCUT2D eigenvalue weighted by Gasteiger charge is 2.09. The Morgan fingerprint density at radius 2 is 1.90 bits per heavy atom. The third kappa shape index (κ3) is 3.51. The largest absolute Gasteiger partial charge is 0.497 e. The zero-order valence-corrected chi connectivity index (χ0v) is 12.4. The number of benzene rings is 1.